The van der Waals surface area contributed by atoms with Crippen LogP contribution >= 0.6 is 0 Å². The Morgan fingerprint density at radius 2 is 1.94 bits per heavy atom. The molecule has 1 unspecified atom stereocenters. The fourth-order valence-electron chi connectivity index (χ4n) is 5.06. The van der Waals surface area contributed by atoms with Crippen molar-refractivity contribution in [1.82, 2.24) is 9.97 Å². The van der Waals surface area contributed by atoms with Gasteiger partial charge < -0.3 is 15.5 Å². The van der Waals surface area contributed by atoms with Crippen molar-refractivity contribution < 1.29 is 9.53 Å². The van der Waals surface area contributed by atoms with E-state index < -0.39 is 0 Å². The summed E-state index contributed by atoms with van der Waals surface area (Å²) < 4.78 is 5.30. The molecule has 2 heterocycles. The number of ether oxygens (including phenoxy) is 1. The van der Waals surface area contributed by atoms with E-state index in [9.17, 15) is 4.79 Å². The Kier molecular flexibility index (Phi) is 4.50. The van der Waals surface area contributed by atoms with Gasteiger partial charge in [0.2, 0.25) is 5.91 Å². The fraction of sp³-hybridized carbons (Fsp3) is 0.308. The third-order valence-corrected chi connectivity index (χ3v) is 6.47. The van der Waals surface area contributed by atoms with Crippen LogP contribution in [0.2, 0.25) is 0 Å². The van der Waals surface area contributed by atoms with E-state index in [1.54, 1.807) is 7.11 Å². The molecule has 3 N–H and O–H groups in total. The van der Waals surface area contributed by atoms with Crippen molar-refractivity contribution in [3.8, 4) is 5.75 Å². The number of aromatic nitrogens is 2. The number of amides is 1. The number of primary amides is 1. The molecule has 4 aromatic rings. The lowest BCUT2D eigenvalue weighted by atomic mass is 9.69. The molecular weight excluding hydrogens is 386 g/mol. The highest BCUT2D eigenvalue weighted by Crippen LogP contribution is 2.46. The number of para-hydroxylation sites is 1. The van der Waals surface area contributed by atoms with Gasteiger partial charge in [-0.15, -0.1) is 0 Å². The molecule has 0 fully saturated rings. The molecular formula is C26H27N3O2. The highest BCUT2D eigenvalue weighted by atomic mass is 16.5. The first-order valence-corrected chi connectivity index (χ1v) is 10.7. The maximum atomic E-state index is 12.5. The normalized spacial score (nSPS) is 17.6. The molecule has 0 bridgehead atoms. The lowest BCUT2D eigenvalue weighted by Crippen LogP contribution is -2.34. The summed E-state index contributed by atoms with van der Waals surface area (Å²) in [4.78, 5) is 21.2. The number of hydrogen-bond donors (Lipinski definition) is 2. The molecule has 5 rings (SSSR count). The Hall–Kier alpha value is -3.34. The molecule has 0 saturated carbocycles. The Bertz CT molecular complexity index is 1300. The number of carbonyl (C=O) groups excluding carboxylic acids is 1. The maximum Gasteiger partial charge on any atom is 0.225 e. The minimum atomic E-state index is -0.331. The minimum Gasteiger partial charge on any atom is -0.497 e. The summed E-state index contributed by atoms with van der Waals surface area (Å²) in [6.07, 6.45) is 2.27. The van der Waals surface area contributed by atoms with Gasteiger partial charge in [-0.3, -0.25) is 9.78 Å². The Balaban J connectivity index is 1.77. The number of benzene rings is 2. The van der Waals surface area contributed by atoms with Gasteiger partial charge in [0.05, 0.1) is 24.2 Å². The highest BCUT2D eigenvalue weighted by Gasteiger charge is 2.38. The first kappa shape index (κ1) is 19.6. The fourth-order valence-corrected chi connectivity index (χ4v) is 5.06. The van der Waals surface area contributed by atoms with Crippen LogP contribution < -0.4 is 10.5 Å². The van der Waals surface area contributed by atoms with Gasteiger partial charge in [-0.25, -0.2) is 0 Å². The number of pyridine rings is 1. The van der Waals surface area contributed by atoms with Gasteiger partial charge in [0.1, 0.15) is 5.75 Å². The van der Waals surface area contributed by atoms with E-state index in [2.05, 4.69) is 43.1 Å². The number of fused-ring (bicyclic) bond motifs is 5. The van der Waals surface area contributed by atoms with Gasteiger partial charge in [0.25, 0.3) is 0 Å². The second-order valence-corrected chi connectivity index (χ2v) is 9.36. The zero-order chi connectivity index (χ0) is 21.8. The summed E-state index contributed by atoms with van der Waals surface area (Å²) in [5, 5.41) is 2.22. The largest absolute Gasteiger partial charge is 0.497 e. The topological polar surface area (TPSA) is 81.0 Å². The SMILES string of the molecule is COc1ccc(Cc2nc3c(c4c2[nH]c2ccccc24)C(C(N)=O)CC(C)(C)C3)cc1. The second kappa shape index (κ2) is 7.12. The molecule has 1 aliphatic rings. The van der Waals surface area contributed by atoms with Crippen LogP contribution in [0.15, 0.2) is 48.5 Å². The number of rotatable bonds is 4. The number of nitrogens with one attached hydrogen (secondary N) is 1. The van der Waals surface area contributed by atoms with Crippen LogP contribution in [0, 0.1) is 5.41 Å². The van der Waals surface area contributed by atoms with E-state index in [0.717, 1.165) is 62.9 Å². The molecule has 0 radical (unpaired) electrons. The number of nitrogens with two attached hydrogens (primary N) is 1. The molecule has 1 amide bonds. The summed E-state index contributed by atoms with van der Waals surface area (Å²) in [6, 6.07) is 16.3. The number of nitrogens with zero attached hydrogens (tertiary/aromatic N) is 1. The predicted octanol–water partition coefficient (Wildman–Crippen LogP) is 4.86. The summed E-state index contributed by atoms with van der Waals surface area (Å²) in [5.74, 6) is 0.234. The van der Waals surface area contributed by atoms with Crippen LogP contribution in [0.4, 0.5) is 0 Å². The first-order chi connectivity index (χ1) is 14.9. The summed E-state index contributed by atoms with van der Waals surface area (Å²) >= 11 is 0. The van der Waals surface area contributed by atoms with Gasteiger partial charge >= 0.3 is 0 Å². The monoisotopic (exact) mass is 413 g/mol. The molecule has 5 nitrogen and oxygen atoms in total. The Morgan fingerprint density at radius 1 is 1.19 bits per heavy atom. The van der Waals surface area contributed by atoms with Gasteiger partial charge in [0.15, 0.2) is 0 Å². The van der Waals surface area contributed by atoms with Crippen molar-refractivity contribution in [3.63, 3.8) is 0 Å². The van der Waals surface area contributed by atoms with Crippen molar-refractivity contribution in [2.75, 3.05) is 7.11 Å². The van der Waals surface area contributed by atoms with E-state index in [0.29, 0.717) is 6.42 Å². The smallest absolute Gasteiger partial charge is 0.225 e. The molecule has 5 heteroatoms. The standard InChI is InChI=1S/C26H27N3O2/c1-26(2)13-18(25(27)30)22-21(14-26)28-20(12-15-8-10-16(31-3)11-9-15)24-23(22)17-6-4-5-7-19(17)29-24/h4-11,18,29H,12-14H2,1-3H3,(H2,27,30). The van der Waals surface area contributed by atoms with Crippen LogP contribution in [0.25, 0.3) is 21.8 Å². The van der Waals surface area contributed by atoms with Gasteiger partial charge in [-0.1, -0.05) is 44.2 Å². The number of H-pyrrole nitrogens is 1. The maximum absolute atomic E-state index is 12.5. The lowest BCUT2D eigenvalue weighted by molar-refractivity contribution is -0.120. The van der Waals surface area contributed by atoms with Crippen LogP contribution in [0.1, 0.15) is 48.7 Å². The lowest BCUT2D eigenvalue weighted by Gasteiger charge is -2.35. The van der Waals surface area contributed by atoms with Gasteiger partial charge in [0, 0.05) is 28.4 Å². The number of carbonyl (C=O) groups is 1. The first-order valence-electron chi connectivity index (χ1n) is 10.7. The number of aromatic amines is 1. The molecule has 0 aliphatic heterocycles. The van der Waals surface area contributed by atoms with Crippen LogP contribution in [0.3, 0.4) is 0 Å². The summed E-state index contributed by atoms with van der Waals surface area (Å²) in [6.45, 7) is 4.38. The summed E-state index contributed by atoms with van der Waals surface area (Å²) in [7, 11) is 1.67. The average Bonchev–Trinajstić information content (AvgIpc) is 3.13. The van der Waals surface area contributed by atoms with E-state index >= 15 is 0 Å². The number of methoxy groups -OCH3 is 1. The molecule has 0 spiro atoms. The zero-order valence-electron chi connectivity index (χ0n) is 18.2. The summed E-state index contributed by atoms with van der Waals surface area (Å²) in [5.41, 5.74) is 12.1. The van der Waals surface area contributed by atoms with Crippen molar-refractivity contribution >= 4 is 27.7 Å². The third kappa shape index (κ3) is 3.34. The minimum absolute atomic E-state index is 0.0309. The third-order valence-electron chi connectivity index (χ3n) is 6.47. The molecule has 2 aromatic carbocycles. The van der Waals surface area contributed by atoms with Crippen molar-refractivity contribution in [3.05, 3.63) is 71.0 Å². The Morgan fingerprint density at radius 3 is 2.65 bits per heavy atom. The van der Waals surface area contributed by atoms with Crippen LogP contribution in [-0.4, -0.2) is 23.0 Å². The van der Waals surface area contributed by atoms with Crippen molar-refractivity contribution in [1.29, 1.82) is 0 Å². The Labute approximate surface area is 181 Å². The zero-order valence-corrected chi connectivity index (χ0v) is 18.2. The molecule has 2 aromatic heterocycles. The van der Waals surface area contributed by atoms with E-state index in [1.807, 2.05) is 24.3 Å². The quantitative estimate of drug-likeness (QED) is 0.501. The van der Waals surface area contributed by atoms with E-state index in [1.165, 1.54) is 0 Å². The van der Waals surface area contributed by atoms with E-state index in [4.69, 9.17) is 15.5 Å². The number of hydrogen-bond acceptors (Lipinski definition) is 3. The molecule has 1 aliphatic carbocycles. The predicted molar refractivity (Wildman–Crippen MR) is 123 cm³/mol. The molecule has 158 valence electrons. The van der Waals surface area contributed by atoms with Crippen LogP contribution in [-0.2, 0) is 17.6 Å². The second-order valence-electron chi connectivity index (χ2n) is 9.36. The van der Waals surface area contributed by atoms with Crippen molar-refractivity contribution in [2.24, 2.45) is 11.1 Å². The van der Waals surface area contributed by atoms with Crippen molar-refractivity contribution in [2.45, 2.75) is 39.0 Å². The average molecular weight is 414 g/mol. The van der Waals surface area contributed by atoms with Gasteiger partial charge in [-0.05, 0) is 47.6 Å². The van der Waals surface area contributed by atoms with E-state index in [-0.39, 0.29) is 17.2 Å². The molecule has 31 heavy (non-hydrogen) atoms. The molecule has 1 atom stereocenters. The highest BCUT2D eigenvalue weighted by molar-refractivity contribution is 6.11. The van der Waals surface area contributed by atoms with Gasteiger partial charge in [-0.2, -0.15) is 0 Å². The molecule has 0 saturated heterocycles. The van der Waals surface area contributed by atoms with Crippen LogP contribution in [0.5, 0.6) is 5.75 Å².